The first-order valence-electron chi connectivity index (χ1n) is 4.83. The lowest BCUT2D eigenvalue weighted by molar-refractivity contribution is 1.18. The van der Waals surface area contributed by atoms with Crippen molar-refractivity contribution in [2.45, 2.75) is 0 Å². The first-order chi connectivity index (χ1) is 7.75. The van der Waals surface area contributed by atoms with Gasteiger partial charge in [0.2, 0.25) is 5.28 Å². The van der Waals surface area contributed by atoms with Gasteiger partial charge in [-0.2, -0.15) is 0 Å². The number of fused-ring (bicyclic) bond motifs is 3. The number of halogens is 1. The molecule has 0 aliphatic carbocycles. The molecular formula is C12H7ClN2O. The van der Waals surface area contributed by atoms with Gasteiger partial charge in [-0.05, 0) is 23.1 Å². The van der Waals surface area contributed by atoms with Gasteiger partial charge in [0, 0.05) is 5.39 Å². The lowest BCUT2D eigenvalue weighted by atomic mass is 10.1. The van der Waals surface area contributed by atoms with Gasteiger partial charge in [-0.15, -0.1) is 0 Å². The lowest BCUT2D eigenvalue weighted by Gasteiger charge is -2.02. The van der Waals surface area contributed by atoms with Crippen LogP contribution in [0.1, 0.15) is 0 Å². The fraction of sp³-hybridized carbons (Fsp3) is 0. The molecular weight excluding hydrogens is 224 g/mol. The van der Waals surface area contributed by atoms with Crippen LogP contribution in [0.4, 0.5) is 0 Å². The van der Waals surface area contributed by atoms with Crippen LogP contribution in [0.3, 0.4) is 0 Å². The van der Waals surface area contributed by atoms with Crippen LogP contribution in [0.25, 0.3) is 21.7 Å². The van der Waals surface area contributed by atoms with Gasteiger partial charge in [0.25, 0.3) is 5.56 Å². The highest BCUT2D eigenvalue weighted by Gasteiger charge is 2.05. The van der Waals surface area contributed by atoms with Crippen molar-refractivity contribution in [1.29, 1.82) is 0 Å². The van der Waals surface area contributed by atoms with Crippen molar-refractivity contribution in [2.75, 3.05) is 0 Å². The second-order valence-corrected chi connectivity index (χ2v) is 3.90. The monoisotopic (exact) mass is 230 g/mol. The predicted octanol–water partition coefficient (Wildman–Crippen LogP) is 2.73. The van der Waals surface area contributed by atoms with Gasteiger partial charge in [-0.3, -0.25) is 9.78 Å². The Morgan fingerprint density at radius 1 is 1.06 bits per heavy atom. The number of aromatic amines is 1. The van der Waals surface area contributed by atoms with Crippen molar-refractivity contribution >= 4 is 33.3 Å². The van der Waals surface area contributed by atoms with Crippen LogP contribution < -0.4 is 5.56 Å². The maximum absolute atomic E-state index is 11.7. The summed E-state index contributed by atoms with van der Waals surface area (Å²) < 4.78 is 0. The number of nitrogens with one attached hydrogen (secondary N) is 1. The maximum atomic E-state index is 11.7. The molecule has 0 radical (unpaired) electrons. The van der Waals surface area contributed by atoms with E-state index in [2.05, 4.69) is 9.97 Å². The van der Waals surface area contributed by atoms with E-state index in [1.807, 2.05) is 30.3 Å². The maximum Gasteiger partial charge on any atom is 0.259 e. The first-order valence-corrected chi connectivity index (χ1v) is 5.21. The summed E-state index contributed by atoms with van der Waals surface area (Å²) in [5.74, 6) is 0. The molecule has 1 aromatic heterocycles. The molecule has 0 saturated carbocycles. The first kappa shape index (κ1) is 9.36. The van der Waals surface area contributed by atoms with Crippen molar-refractivity contribution in [3.63, 3.8) is 0 Å². The zero-order valence-electron chi connectivity index (χ0n) is 8.20. The molecule has 1 N–H and O–H groups in total. The Morgan fingerprint density at radius 2 is 1.88 bits per heavy atom. The van der Waals surface area contributed by atoms with Crippen molar-refractivity contribution in [1.82, 2.24) is 9.97 Å². The highest BCUT2D eigenvalue weighted by molar-refractivity contribution is 6.28. The largest absolute Gasteiger partial charge is 0.297 e. The number of hydrogen-bond acceptors (Lipinski definition) is 2. The molecule has 0 unspecified atom stereocenters. The number of aromatic nitrogens is 2. The van der Waals surface area contributed by atoms with Gasteiger partial charge >= 0.3 is 0 Å². The van der Waals surface area contributed by atoms with E-state index < -0.39 is 0 Å². The summed E-state index contributed by atoms with van der Waals surface area (Å²) >= 11 is 5.76. The van der Waals surface area contributed by atoms with Gasteiger partial charge in [-0.25, -0.2) is 4.98 Å². The lowest BCUT2D eigenvalue weighted by Crippen LogP contribution is -2.07. The molecule has 0 amide bonds. The molecule has 4 heteroatoms. The zero-order chi connectivity index (χ0) is 11.1. The third-order valence-electron chi connectivity index (χ3n) is 2.57. The third-order valence-corrected chi connectivity index (χ3v) is 2.75. The van der Waals surface area contributed by atoms with Crippen molar-refractivity contribution in [3.8, 4) is 0 Å². The number of hydrogen-bond donors (Lipinski definition) is 1. The van der Waals surface area contributed by atoms with E-state index in [9.17, 15) is 4.79 Å². The fourth-order valence-electron chi connectivity index (χ4n) is 1.85. The van der Waals surface area contributed by atoms with Crippen molar-refractivity contribution in [2.24, 2.45) is 0 Å². The quantitative estimate of drug-likeness (QED) is 0.477. The molecule has 3 rings (SSSR count). The Labute approximate surface area is 95.7 Å². The topological polar surface area (TPSA) is 45.8 Å². The molecule has 0 fully saturated rings. The Balaban J connectivity index is 2.65. The van der Waals surface area contributed by atoms with E-state index >= 15 is 0 Å². The molecule has 0 bridgehead atoms. The van der Waals surface area contributed by atoms with Crippen LogP contribution in [0.15, 0.2) is 41.2 Å². The smallest absolute Gasteiger partial charge is 0.259 e. The number of H-pyrrole nitrogens is 1. The summed E-state index contributed by atoms with van der Waals surface area (Å²) in [4.78, 5) is 18.3. The molecule has 3 nitrogen and oxygen atoms in total. The molecule has 16 heavy (non-hydrogen) atoms. The van der Waals surface area contributed by atoms with E-state index in [0.717, 1.165) is 10.8 Å². The highest BCUT2D eigenvalue weighted by atomic mass is 35.5. The van der Waals surface area contributed by atoms with Gasteiger partial charge < -0.3 is 0 Å². The molecule has 1 heterocycles. The second-order valence-electron chi connectivity index (χ2n) is 3.54. The summed E-state index contributed by atoms with van der Waals surface area (Å²) in [7, 11) is 0. The Bertz CT molecular complexity index is 749. The molecule has 0 spiro atoms. The van der Waals surface area contributed by atoms with Crippen LogP contribution in [-0.4, -0.2) is 9.97 Å². The minimum Gasteiger partial charge on any atom is -0.297 e. The molecule has 0 aliphatic heterocycles. The Hall–Kier alpha value is -1.87. The molecule has 2 aromatic carbocycles. The molecule has 3 aromatic rings. The van der Waals surface area contributed by atoms with E-state index in [-0.39, 0.29) is 10.8 Å². The van der Waals surface area contributed by atoms with Crippen LogP contribution in [0.5, 0.6) is 0 Å². The summed E-state index contributed by atoms with van der Waals surface area (Å²) in [5, 5.41) is 2.66. The average molecular weight is 231 g/mol. The Kier molecular flexibility index (Phi) is 1.94. The SMILES string of the molecule is O=c1[nH]c(Cl)nc2c1ccc1ccccc12. The van der Waals surface area contributed by atoms with E-state index in [1.54, 1.807) is 6.07 Å². The van der Waals surface area contributed by atoms with Crippen molar-refractivity contribution < 1.29 is 0 Å². The molecule has 0 aliphatic rings. The van der Waals surface area contributed by atoms with Gasteiger partial charge in [0.05, 0.1) is 10.9 Å². The number of rotatable bonds is 0. The van der Waals surface area contributed by atoms with E-state index in [0.29, 0.717) is 10.9 Å². The van der Waals surface area contributed by atoms with E-state index in [1.165, 1.54) is 0 Å². The second kappa shape index (κ2) is 3.32. The highest BCUT2D eigenvalue weighted by Crippen LogP contribution is 2.21. The van der Waals surface area contributed by atoms with Crippen LogP contribution in [0.2, 0.25) is 5.28 Å². The summed E-state index contributed by atoms with van der Waals surface area (Å²) in [6, 6.07) is 11.4. The van der Waals surface area contributed by atoms with Crippen molar-refractivity contribution in [3.05, 3.63) is 52.0 Å². The van der Waals surface area contributed by atoms with Crippen LogP contribution in [0, 0.1) is 0 Å². The minimum absolute atomic E-state index is 0.119. The standard InChI is InChI=1S/C12H7ClN2O/c13-12-14-10-8-4-2-1-3-7(8)5-6-9(10)11(16)15-12/h1-6H,(H,14,15,16). The zero-order valence-corrected chi connectivity index (χ0v) is 8.95. The van der Waals surface area contributed by atoms with Gasteiger partial charge in [0.15, 0.2) is 0 Å². The number of nitrogens with zero attached hydrogens (tertiary/aromatic N) is 1. The summed E-state index contributed by atoms with van der Waals surface area (Å²) in [6.45, 7) is 0. The van der Waals surface area contributed by atoms with E-state index in [4.69, 9.17) is 11.6 Å². The third kappa shape index (κ3) is 1.29. The van der Waals surface area contributed by atoms with Gasteiger partial charge in [-0.1, -0.05) is 30.3 Å². The molecule has 78 valence electrons. The van der Waals surface area contributed by atoms with Crippen LogP contribution in [-0.2, 0) is 0 Å². The van der Waals surface area contributed by atoms with Gasteiger partial charge in [0.1, 0.15) is 0 Å². The number of benzene rings is 2. The minimum atomic E-state index is -0.208. The predicted molar refractivity (Wildman–Crippen MR) is 64.9 cm³/mol. The normalized spacial score (nSPS) is 11.1. The fourth-order valence-corrected chi connectivity index (χ4v) is 2.02. The summed E-state index contributed by atoms with van der Waals surface area (Å²) in [5.41, 5.74) is 0.438. The molecule has 0 saturated heterocycles. The summed E-state index contributed by atoms with van der Waals surface area (Å²) in [6.07, 6.45) is 0. The Morgan fingerprint density at radius 3 is 2.75 bits per heavy atom. The van der Waals surface area contributed by atoms with Crippen LogP contribution >= 0.6 is 11.6 Å². The molecule has 0 atom stereocenters. The average Bonchev–Trinajstić information content (AvgIpc) is 2.28.